The molecule has 0 radical (unpaired) electrons. The van der Waals surface area contributed by atoms with Gasteiger partial charge in [0.05, 0.1) is 6.20 Å². The van der Waals surface area contributed by atoms with Crippen LogP contribution in [0.2, 0.25) is 0 Å². The molecule has 1 aliphatic rings. The molecule has 1 fully saturated rings. The minimum absolute atomic E-state index is 0.203. The predicted molar refractivity (Wildman–Crippen MR) is 87.5 cm³/mol. The van der Waals surface area contributed by atoms with Gasteiger partial charge in [-0.05, 0) is 24.3 Å². The highest BCUT2D eigenvalue weighted by molar-refractivity contribution is 7.99. The van der Waals surface area contributed by atoms with E-state index in [1.54, 1.807) is 35.7 Å². The number of nitrogens with zero attached hydrogens (tertiary/aromatic N) is 3. The van der Waals surface area contributed by atoms with Crippen LogP contribution >= 0.6 is 23.1 Å². The van der Waals surface area contributed by atoms with Crippen LogP contribution in [0.5, 0.6) is 0 Å². The van der Waals surface area contributed by atoms with Crippen molar-refractivity contribution in [1.82, 2.24) is 20.3 Å². The topological polar surface area (TPSA) is 105 Å². The van der Waals surface area contributed by atoms with Crippen molar-refractivity contribution < 1.29 is 14.7 Å². The Morgan fingerprint density at radius 1 is 1.26 bits per heavy atom. The van der Waals surface area contributed by atoms with Crippen LogP contribution in [0.15, 0.2) is 24.0 Å². The summed E-state index contributed by atoms with van der Waals surface area (Å²) in [6, 6.07) is 0. The Hall–Kier alpha value is -2.00. The predicted octanol–water partition coefficient (Wildman–Crippen LogP) is 1.68. The highest BCUT2D eigenvalue weighted by Crippen LogP contribution is 2.28. The number of carbonyl (C=O) groups excluding carboxylic acids is 1. The molecule has 0 atom stereocenters. The summed E-state index contributed by atoms with van der Waals surface area (Å²) in [6.45, 7) is 0. The van der Waals surface area contributed by atoms with E-state index < -0.39 is 17.4 Å². The molecule has 0 aliphatic carbocycles. The minimum Gasteiger partial charge on any atom is -0.480 e. The van der Waals surface area contributed by atoms with Gasteiger partial charge in [0.1, 0.15) is 21.9 Å². The molecule has 23 heavy (non-hydrogen) atoms. The molecule has 1 amide bonds. The second-order valence-electron chi connectivity index (χ2n) is 5.08. The molecule has 0 saturated carbocycles. The van der Waals surface area contributed by atoms with Gasteiger partial charge in [-0.25, -0.2) is 9.78 Å². The van der Waals surface area contributed by atoms with Gasteiger partial charge >= 0.3 is 5.97 Å². The smallest absolute Gasteiger partial charge is 0.329 e. The fourth-order valence-electron chi connectivity index (χ4n) is 2.30. The Labute approximate surface area is 140 Å². The van der Waals surface area contributed by atoms with E-state index in [1.165, 1.54) is 11.3 Å². The molecular weight excluding hydrogens is 336 g/mol. The Kier molecular flexibility index (Phi) is 4.58. The average Bonchev–Trinajstić information content (AvgIpc) is 3.06. The van der Waals surface area contributed by atoms with E-state index in [1.807, 2.05) is 0 Å². The van der Waals surface area contributed by atoms with Gasteiger partial charge in [-0.1, -0.05) is 0 Å². The van der Waals surface area contributed by atoms with E-state index in [4.69, 9.17) is 0 Å². The fourth-order valence-corrected chi connectivity index (χ4v) is 4.25. The van der Waals surface area contributed by atoms with E-state index in [9.17, 15) is 14.7 Å². The molecule has 2 aromatic heterocycles. The van der Waals surface area contributed by atoms with Gasteiger partial charge in [0.15, 0.2) is 0 Å². The first-order valence-electron chi connectivity index (χ1n) is 6.96. The van der Waals surface area contributed by atoms with Crippen LogP contribution in [0, 0.1) is 0 Å². The third-order valence-corrected chi connectivity index (χ3v) is 5.48. The molecule has 0 aromatic carbocycles. The normalized spacial score (nSPS) is 16.7. The summed E-state index contributed by atoms with van der Waals surface area (Å²) in [5.41, 5.74) is -0.411. The van der Waals surface area contributed by atoms with Gasteiger partial charge in [0.25, 0.3) is 5.91 Å². The van der Waals surface area contributed by atoms with E-state index in [2.05, 4.69) is 20.3 Å². The van der Waals surface area contributed by atoms with Crippen molar-refractivity contribution in [2.45, 2.75) is 18.4 Å². The molecule has 1 saturated heterocycles. The molecule has 2 N–H and O–H groups in total. The lowest BCUT2D eigenvalue weighted by atomic mass is 9.92. The summed E-state index contributed by atoms with van der Waals surface area (Å²) in [4.78, 5) is 36.3. The standard InChI is InChI=1S/C14H14N4O3S2/c19-11(18-14(13(20)21)1-5-22-6-2-14)10-8-23-12(17-10)9-7-15-3-4-16-9/h3-4,7-8H,1-2,5-6H2,(H,18,19)(H,20,21). The molecule has 3 rings (SSSR count). The fraction of sp³-hybridized carbons (Fsp3) is 0.357. The first-order valence-corrected chi connectivity index (χ1v) is 9.00. The third kappa shape index (κ3) is 3.35. The van der Waals surface area contributed by atoms with Crippen molar-refractivity contribution in [2.24, 2.45) is 0 Å². The van der Waals surface area contributed by atoms with Crippen molar-refractivity contribution in [1.29, 1.82) is 0 Å². The van der Waals surface area contributed by atoms with Crippen LogP contribution in [0.1, 0.15) is 23.3 Å². The van der Waals surface area contributed by atoms with E-state index in [-0.39, 0.29) is 5.69 Å². The summed E-state index contributed by atoms with van der Waals surface area (Å²) in [5, 5.41) is 14.4. The lowest BCUT2D eigenvalue weighted by molar-refractivity contribution is -0.144. The summed E-state index contributed by atoms with van der Waals surface area (Å²) in [6.07, 6.45) is 5.51. The van der Waals surface area contributed by atoms with Crippen LogP contribution in [-0.2, 0) is 4.79 Å². The number of aliphatic carboxylic acids is 1. The molecule has 3 heterocycles. The number of carbonyl (C=O) groups is 2. The molecule has 0 unspecified atom stereocenters. The van der Waals surface area contributed by atoms with Crippen LogP contribution in [-0.4, -0.2) is 49.0 Å². The van der Waals surface area contributed by atoms with Gasteiger partial charge in [0, 0.05) is 17.8 Å². The second-order valence-corrected chi connectivity index (χ2v) is 7.17. The number of hydrogen-bond donors (Lipinski definition) is 2. The molecule has 1 aliphatic heterocycles. The number of thioether (sulfide) groups is 1. The number of rotatable bonds is 4. The summed E-state index contributed by atoms with van der Waals surface area (Å²) >= 11 is 2.97. The Morgan fingerprint density at radius 3 is 2.70 bits per heavy atom. The molecule has 7 nitrogen and oxygen atoms in total. The van der Waals surface area contributed by atoms with Gasteiger partial charge in [0.2, 0.25) is 0 Å². The average molecular weight is 350 g/mol. The zero-order valence-corrected chi connectivity index (χ0v) is 13.7. The number of amides is 1. The number of hydrogen-bond acceptors (Lipinski definition) is 7. The molecular formula is C14H14N4O3S2. The number of carboxylic acids is 1. The highest BCUT2D eigenvalue weighted by Gasteiger charge is 2.41. The largest absolute Gasteiger partial charge is 0.480 e. The van der Waals surface area contributed by atoms with Crippen LogP contribution in [0.3, 0.4) is 0 Å². The van der Waals surface area contributed by atoms with Crippen molar-refractivity contribution >= 4 is 35.0 Å². The Bertz CT molecular complexity index is 714. The van der Waals surface area contributed by atoms with Crippen molar-refractivity contribution in [3.05, 3.63) is 29.7 Å². The number of thiazole rings is 1. The highest BCUT2D eigenvalue weighted by atomic mass is 32.2. The molecule has 120 valence electrons. The van der Waals surface area contributed by atoms with E-state index in [0.717, 1.165) is 0 Å². The molecule has 0 spiro atoms. The first-order chi connectivity index (χ1) is 11.1. The summed E-state index contributed by atoms with van der Waals surface area (Å²) in [5.74, 6) is -0.0237. The quantitative estimate of drug-likeness (QED) is 0.864. The van der Waals surface area contributed by atoms with Crippen LogP contribution < -0.4 is 5.32 Å². The zero-order chi connectivity index (χ0) is 16.3. The van der Waals surface area contributed by atoms with Gasteiger partial charge in [-0.2, -0.15) is 11.8 Å². The van der Waals surface area contributed by atoms with Gasteiger partial charge in [-0.3, -0.25) is 14.8 Å². The van der Waals surface area contributed by atoms with Gasteiger partial charge in [-0.15, -0.1) is 11.3 Å². The maximum Gasteiger partial charge on any atom is 0.329 e. The summed E-state index contributed by atoms with van der Waals surface area (Å²) < 4.78 is 0. The zero-order valence-electron chi connectivity index (χ0n) is 12.1. The third-order valence-electron chi connectivity index (χ3n) is 3.63. The lowest BCUT2D eigenvalue weighted by Crippen LogP contribution is -2.56. The van der Waals surface area contributed by atoms with E-state index >= 15 is 0 Å². The maximum absolute atomic E-state index is 12.4. The molecule has 2 aromatic rings. The van der Waals surface area contributed by atoms with Crippen LogP contribution in [0.4, 0.5) is 0 Å². The Balaban J connectivity index is 1.78. The Morgan fingerprint density at radius 2 is 2.04 bits per heavy atom. The van der Waals surface area contributed by atoms with Crippen LogP contribution in [0.25, 0.3) is 10.7 Å². The van der Waals surface area contributed by atoms with Crippen molar-refractivity contribution in [3.8, 4) is 10.7 Å². The maximum atomic E-state index is 12.4. The van der Waals surface area contributed by atoms with Crippen molar-refractivity contribution in [2.75, 3.05) is 11.5 Å². The number of carboxylic acid groups (broad SMARTS) is 1. The number of nitrogens with one attached hydrogen (secondary N) is 1. The summed E-state index contributed by atoms with van der Waals surface area (Å²) in [7, 11) is 0. The number of aromatic nitrogens is 3. The van der Waals surface area contributed by atoms with Gasteiger partial charge < -0.3 is 10.4 Å². The second kappa shape index (κ2) is 6.63. The molecule has 9 heteroatoms. The SMILES string of the molecule is O=C(NC1(C(=O)O)CCSCC1)c1csc(-c2cnccn2)n1. The van der Waals surface area contributed by atoms with Crippen molar-refractivity contribution in [3.63, 3.8) is 0 Å². The monoisotopic (exact) mass is 350 g/mol. The molecule has 0 bridgehead atoms. The van der Waals surface area contributed by atoms with E-state index in [0.29, 0.717) is 35.0 Å². The minimum atomic E-state index is -1.20. The lowest BCUT2D eigenvalue weighted by Gasteiger charge is -2.33. The first kappa shape index (κ1) is 15.9.